The van der Waals surface area contributed by atoms with Gasteiger partial charge in [0.2, 0.25) is 0 Å². The van der Waals surface area contributed by atoms with Crippen molar-refractivity contribution in [2.24, 2.45) is 0 Å². The van der Waals surface area contributed by atoms with Gasteiger partial charge >= 0.3 is 6.18 Å². The van der Waals surface area contributed by atoms with Crippen molar-refractivity contribution in [3.05, 3.63) is 63.7 Å². The number of sulfonamides is 1. The quantitative estimate of drug-likeness (QED) is 0.543. The van der Waals surface area contributed by atoms with E-state index in [2.05, 4.69) is 4.72 Å². The minimum Gasteiger partial charge on any atom is -0.378 e. The zero-order chi connectivity index (χ0) is 22.8. The van der Waals surface area contributed by atoms with Crippen molar-refractivity contribution in [3.8, 4) is 0 Å². The topological polar surface area (TPSA) is 119 Å². The van der Waals surface area contributed by atoms with Gasteiger partial charge in [-0.05, 0) is 24.3 Å². The van der Waals surface area contributed by atoms with E-state index in [4.69, 9.17) is 4.74 Å². The zero-order valence-electron chi connectivity index (χ0n) is 15.8. The minimum absolute atomic E-state index is 0.0115. The van der Waals surface area contributed by atoms with Crippen LogP contribution in [-0.2, 0) is 20.9 Å². The number of hydrogen-bond acceptors (Lipinski definition) is 6. The number of carbonyl (C=O) groups is 1. The second-order valence-corrected chi connectivity index (χ2v) is 8.14. The van der Waals surface area contributed by atoms with Gasteiger partial charge in [0.15, 0.2) is 4.90 Å². The van der Waals surface area contributed by atoms with E-state index in [0.717, 1.165) is 0 Å². The van der Waals surface area contributed by atoms with Crippen molar-refractivity contribution in [2.75, 3.05) is 31.0 Å². The SMILES string of the molecule is O=C(c1ccccc1NS(=O)(=O)c1ccc(C(F)(F)F)cc1[N+](=O)[O-])N1CCOCC1. The van der Waals surface area contributed by atoms with Crippen molar-refractivity contribution in [3.63, 3.8) is 0 Å². The number of carbonyl (C=O) groups excluding carboxylic acids is 1. The highest BCUT2D eigenvalue weighted by Gasteiger charge is 2.35. The first-order chi connectivity index (χ1) is 14.5. The highest BCUT2D eigenvalue weighted by atomic mass is 32.2. The molecular formula is C18H16F3N3O6S. The van der Waals surface area contributed by atoms with Gasteiger partial charge in [0.1, 0.15) is 0 Å². The van der Waals surface area contributed by atoms with Gasteiger partial charge in [0.25, 0.3) is 21.6 Å². The third kappa shape index (κ3) is 4.94. The normalized spacial score (nSPS) is 14.9. The monoisotopic (exact) mass is 459 g/mol. The molecule has 3 rings (SSSR count). The highest BCUT2D eigenvalue weighted by Crippen LogP contribution is 2.35. The lowest BCUT2D eigenvalue weighted by atomic mass is 10.1. The van der Waals surface area contributed by atoms with Crippen molar-refractivity contribution < 1.29 is 36.0 Å². The number of benzene rings is 2. The fraction of sp³-hybridized carbons (Fsp3) is 0.278. The zero-order valence-corrected chi connectivity index (χ0v) is 16.6. The van der Waals surface area contributed by atoms with E-state index < -0.39 is 43.2 Å². The summed E-state index contributed by atoms with van der Waals surface area (Å²) >= 11 is 0. The number of rotatable bonds is 5. The maximum atomic E-state index is 12.9. The Kier molecular flexibility index (Phi) is 6.18. The molecule has 1 heterocycles. The number of anilines is 1. The van der Waals surface area contributed by atoms with Crippen LogP contribution in [0.3, 0.4) is 0 Å². The second-order valence-electron chi connectivity index (χ2n) is 6.49. The molecule has 1 fully saturated rings. The number of nitrogens with one attached hydrogen (secondary N) is 1. The van der Waals surface area contributed by atoms with Crippen LogP contribution in [0.15, 0.2) is 47.4 Å². The smallest absolute Gasteiger partial charge is 0.378 e. The van der Waals surface area contributed by atoms with Gasteiger partial charge in [-0.3, -0.25) is 19.6 Å². The van der Waals surface area contributed by atoms with Crippen molar-refractivity contribution >= 4 is 27.3 Å². The predicted octanol–water partition coefficient (Wildman–Crippen LogP) is 2.89. The minimum atomic E-state index is -4.89. The average molecular weight is 459 g/mol. The fourth-order valence-electron chi connectivity index (χ4n) is 2.96. The molecule has 1 saturated heterocycles. The molecule has 2 aromatic rings. The maximum absolute atomic E-state index is 12.9. The number of ether oxygens (including phenoxy) is 1. The van der Waals surface area contributed by atoms with Crippen molar-refractivity contribution in [1.29, 1.82) is 0 Å². The van der Waals surface area contributed by atoms with E-state index in [1.165, 1.54) is 29.2 Å². The Morgan fingerprint density at radius 2 is 1.77 bits per heavy atom. The Labute approximate surface area is 174 Å². The molecule has 0 unspecified atom stereocenters. The van der Waals surface area contributed by atoms with E-state index in [1.54, 1.807) is 0 Å². The third-order valence-corrected chi connectivity index (χ3v) is 5.89. The lowest BCUT2D eigenvalue weighted by molar-refractivity contribution is -0.388. The van der Waals surface area contributed by atoms with Gasteiger partial charge in [0.05, 0.1) is 35.0 Å². The number of hydrogen-bond donors (Lipinski definition) is 1. The lowest BCUT2D eigenvalue weighted by Gasteiger charge is -2.27. The van der Waals surface area contributed by atoms with E-state index in [-0.39, 0.29) is 17.3 Å². The number of amides is 1. The number of nitrogens with zero attached hydrogens (tertiary/aromatic N) is 2. The van der Waals surface area contributed by atoms with Gasteiger partial charge < -0.3 is 9.64 Å². The van der Waals surface area contributed by atoms with Crippen LogP contribution in [0.4, 0.5) is 24.5 Å². The summed E-state index contributed by atoms with van der Waals surface area (Å²) in [5.74, 6) is -0.483. The molecule has 31 heavy (non-hydrogen) atoms. The largest absolute Gasteiger partial charge is 0.416 e. The molecule has 2 aromatic carbocycles. The molecule has 0 saturated carbocycles. The molecule has 0 aromatic heterocycles. The third-order valence-electron chi connectivity index (χ3n) is 4.47. The summed E-state index contributed by atoms with van der Waals surface area (Å²) in [6.45, 7) is 1.23. The fourth-order valence-corrected chi connectivity index (χ4v) is 4.19. The Balaban J connectivity index is 1.98. The predicted molar refractivity (Wildman–Crippen MR) is 102 cm³/mol. The van der Waals surface area contributed by atoms with Gasteiger partial charge in [-0.1, -0.05) is 12.1 Å². The van der Waals surface area contributed by atoms with E-state index in [0.29, 0.717) is 38.4 Å². The van der Waals surface area contributed by atoms with Crippen LogP contribution in [-0.4, -0.2) is 50.5 Å². The highest BCUT2D eigenvalue weighted by molar-refractivity contribution is 7.92. The van der Waals surface area contributed by atoms with Crippen LogP contribution < -0.4 is 4.72 Å². The van der Waals surface area contributed by atoms with Crippen LogP contribution in [0, 0.1) is 10.1 Å². The number of alkyl halides is 3. The van der Waals surface area contributed by atoms with Crippen LogP contribution in [0.5, 0.6) is 0 Å². The molecule has 0 radical (unpaired) electrons. The number of nitro groups is 1. The molecule has 0 bridgehead atoms. The summed E-state index contributed by atoms with van der Waals surface area (Å²) in [4.78, 5) is 23.3. The Bertz CT molecular complexity index is 1110. The summed E-state index contributed by atoms with van der Waals surface area (Å²) in [5, 5.41) is 11.3. The second kappa shape index (κ2) is 8.51. The molecule has 9 nitrogen and oxygen atoms in total. The summed E-state index contributed by atoms with van der Waals surface area (Å²) < 4.78 is 71.5. The molecule has 1 amide bonds. The summed E-state index contributed by atoms with van der Waals surface area (Å²) in [6, 6.07) is 6.69. The Morgan fingerprint density at radius 3 is 2.39 bits per heavy atom. The first kappa shape index (κ1) is 22.5. The lowest BCUT2D eigenvalue weighted by Crippen LogP contribution is -2.41. The first-order valence-electron chi connectivity index (χ1n) is 8.85. The van der Waals surface area contributed by atoms with Gasteiger partial charge in [0, 0.05) is 19.2 Å². The number of halogens is 3. The van der Waals surface area contributed by atoms with Crippen molar-refractivity contribution in [1.82, 2.24) is 4.90 Å². The van der Waals surface area contributed by atoms with Crippen LogP contribution in [0.1, 0.15) is 15.9 Å². The Hall–Kier alpha value is -3.19. The molecular weight excluding hydrogens is 443 g/mol. The molecule has 1 aliphatic rings. The average Bonchev–Trinajstić information content (AvgIpc) is 2.73. The van der Waals surface area contributed by atoms with Crippen LogP contribution in [0.2, 0.25) is 0 Å². The Morgan fingerprint density at radius 1 is 1.13 bits per heavy atom. The molecule has 13 heteroatoms. The molecule has 0 spiro atoms. The number of para-hydroxylation sites is 1. The maximum Gasteiger partial charge on any atom is 0.416 e. The van der Waals surface area contributed by atoms with E-state index >= 15 is 0 Å². The molecule has 0 atom stereocenters. The van der Waals surface area contributed by atoms with Crippen LogP contribution >= 0.6 is 0 Å². The number of morpholine rings is 1. The molecule has 0 aliphatic carbocycles. The van der Waals surface area contributed by atoms with E-state index in [1.807, 2.05) is 0 Å². The summed E-state index contributed by atoms with van der Waals surface area (Å²) in [7, 11) is -4.69. The standard InChI is InChI=1S/C18H16F3N3O6S/c19-18(20,21)12-5-6-16(15(11-12)24(26)27)31(28,29)22-14-4-2-1-3-13(14)17(25)23-7-9-30-10-8-23/h1-6,11,22H,7-10H2. The summed E-state index contributed by atoms with van der Waals surface area (Å²) in [5.41, 5.74) is -2.77. The van der Waals surface area contributed by atoms with Crippen molar-refractivity contribution in [2.45, 2.75) is 11.1 Å². The number of nitro benzene ring substituents is 1. The van der Waals surface area contributed by atoms with Gasteiger partial charge in [-0.25, -0.2) is 8.42 Å². The van der Waals surface area contributed by atoms with Gasteiger partial charge in [-0.2, -0.15) is 13.2 Å². The molecule has 1 N–H and O–H groups in total. The molecule has 1 aliphatic heterocycles. The van der Waals surface area contributed by atoms with Crippen LogP contribution in [0.25, 0.3) is 0 Å². The first-order valence-corrected chi connectivity index (χ1v) is 10.3. The molecule has 166 valence electrons. The van der Waals surface area contributed by atoms with E-state index in [9.17, 15) is 36.5 Å². The van der Waals surface area contributed by atoms with Gasteiger partial charge in [-0.15, -0.1) is 0 Å². The summed E-state index contributed by atoms with van der Waals surface area (Å²) in [6.07, 6.45) is -4.89.